The second-order valence-corrected chi connectivity index (χ2v) is 5.95. The van der Waals surface area contributed by atoms with Gasteiger partial charge in [-0.15, -0.1) is 10.2 Å². The van der Waals surface area contributed by atoms with Crippen molar-refractivity contribution in [2.24, 2.45) is 7.05 Å². The highest BCUT2D eigenvalue weighted by Gasteiger charge is 2.17. The fourth-order valence-electron chi connectivity index (χ4n) is 2.20. The molecule has 112 valence electrons. The first-order valence-electron chi connectivity index (χ1n) is 6.94. The number of aromatic nitrogens is 6. The van der Waals surface area contributed by atoms with E-state index in [-0.39, 0.29) is 5.95 Å². The van der Waals surface area contributed by atoms with Crippen molar-refractivity contribution in [2.75, 3.05) is 23.7 Å². The van der Waals surface area contributed by atoms with Crippen LogP contribution in [0.3, 0.4) is 0 Å². The SMILES string of the molecule is Cc1nnc(Sc2nc(N)nc(N3CCCCC3)n2)n1C. The number of nitrogen functional groups attached to an aromatic ring is 1. The average Bonchev–Trinajstić information content (AvgIpc) is 2.80. The monoisotopic (exact) mass is 306 g/mol. The molecular formula is C12H18N8S. The van der Waals surface area contributed by atoms with Crippen molar-refractivity contribution in [3.8, 4) is 0 Å². The van der Waals surface area contributed by atoms with Crippen LogP contribution in [-0.2, 0) is 7.05 Å². The molecule has 1 aliphatic heterocycles. The van der Waals surface area contributed by atoms with Gasteiger partial charge >= 0.3 is 0 Å². The molecule has 0 radical (unpaired) electrons. The highest BCUT2D eigenvalue weighted by molar-refractivity contribution is 7.99. The van der Waals surface area contributed by atoms with Gasteiger partial charge in [-0.2, -0.15) is 15.0 Å². The molecule has 1 saturated heterocycles. The molecule has 3 heterocycles. The van der Waals surface area contributed by atoms with Gasteiger partial charge < -0.3 is 15.2 Å². The summed E-state index contributed by atoms with van der Waals surface area (Å²) in [4.78, 5) is 15.1. The largest absolute Gasteiger partial charge is 0.368 e. The lowest BCUT2D eigenvalue weighted by Gasteiger charge is -2.26. The fourth-order valence-corrected chi connectivity index (χ4v) is 2.98. The van der Waals surface area contributed by atoms with Crippen LogP contribution in [0.1, 0.15) is 25.1 Å². The van der Waals surface area contributed by atoms with Crippen molar-refractivity contribution in [2.45, 2.75) is 36.5 Å². The number of anilines is 2. The molecular weight excluding hydrogens is 288 g/mol. The number of nitrogens with two attached hydrogens (primary N) is 1. The molecule has 0 atom stereocenters. The first kappa shape index (κ1) is 14.1. The van der Waals surface area contributed by atoms with Crippen molar-refractivity contribution in [1.29, 1.82) is 0 Å². The molecule has 0 amide bonds. The lowest BCUT2D eigenvalue weighted by Crippen LogP contribution is -2.31. The van der Waals surface area contributed by atoms with E-state index >= 15 is 0 Å². The molecule has 0 aliphatic carbocycles. The predicted octanol–water partition coefficient (Wildman–Crippen LogP) is 1.03. The van der Waals surface area contributed by atoms with E-state index in [0.29, 0.717) is 11.1 Å². The van der Waals surface area contributed by atoms with Crippen molar-refractivity contribution in [3.63, 3.8) is 0 Å². The summed E-state index contributed by atoms with van der Waals surface area (Å²) in [6.45, 7) is 3.84. The molecule has 0 bridgehead atoms. The van der Waals surface area contributed by atoms with E-state index in [9.17, 15) is 0 Å². The van der Waals surface area contributed by atoms with Gasteiger partial charge in [0.25, 0.3) is 0 Å². The second kappa shape index (κ2) is 5.84. The topological polar surface area (TPSA) is 98.6 Å². The molecule has 0 unspecified atom stereocenters. The van der Waals surface area contributed by atoms with Gasteiger partial charge in [0, 0.05) is 20.1 Å². The molecule has 8 nitrogen and oxygen atoms in total. The quantitative estimate of drug-likeness (QED) is 0.897. The first-order chi connectivity index (χ1) is 10.1. The summed E-state index contributed by atoms with van der Waals surface area (Å²) in [7, 11) is 1.91. The summed E-state index contributed by atoms with van der Waals surface area (Å²) in [5.74, 6) is 1.74. The Hall–Kier alpha value is -1.90. The average molecular weight is 306 g/mol. The summed E-state index contributed by atoms with van der Waals surface area (Å²) in [5, 5.41) is 9.42. The number of hydrogen-bond acceptors (Lipinski definition) is 8. The summed E-state index contributed by atoms with van der Waals surface area (Å²) in [5.41, 5.74) is 5.82. The number of nitrogens with zero attached hydrogens (tertiary/aromatic N) is 7. The Morgan fingerprint density at radius 2 is 1.81 bits per heavy atom. The zero-order chi connectivity index (χ0) is 14.8. The lowest BCUT2D eigenvalue weighted by molar-refractivity contribution is 0.565. The Morgan fingerprint density at radius 1 is 1.05 bits per heavy atom. The smallest absolute Gasteiger partial charge is 0.231 e. The van der Waals surface area contributed by atoms with Crippen LogP contribution in [0.4, 0.5) is 11.9 Å². The van der Waals surface area contributed by atoms with E-state index in [1.54, 1.807) is 0 Å². The highest BCUT2D eigenvalue weighted by atomic mass is 32.2. The van der Waals surface area contributed by atoms with Gasteiger partial charge in [0.2, 0.25) is 17.1 Å². The van der Waals surface area contributed by atoms with E-state index in [1.165, 1.54) is 18.2 Å². The van der Waals surface area contributed by atoms with Crippen molar-refractivity contribution < 1.29 is 0 Å². The summed E-state index contributed by atoms with van der Waals surface area (Å²) < 4.78 is 1.89. The molecule has 0 spiro atoms. The number of piperidine rings is 1. The maximum atomic E-state index is 5.82. The van der Waals surface area contributed by atoms with Crippen LogP contribution < -0.4 is 10.6 Å². The van der Waals surface area contributed by atoms with Gasteiger partial charge in [0.1, 0.15) is 5.82 Å². The summed E-state index contributed by atoms with van der Waals surface area (Å²) in [6, 6.07) is 0. The van der Waals surface area contributed by atoms with Crippen molar-refractivity contribution in [3.05, 3.63) is 5.82 Å². The van der Waals surface area contributed by atoms with Crippen molar-refractivity contribution in [1.82, 2.24) is 29.7 Å². The molecule has 0 saturated carbocycles. The van der Waals surface area contributed by atoms with E-state index in [0.717, 1.165) is 36.9 Å². The van der Waals surface area contributed by atoms with Crippen LogP contribution in [0, 0.1) is 6.92 Å². The molecule has 2 N–H and O–H groups in total. The van der Waals surface area contributed by atoms with E-state index in [1.807, 2.05) is 18.5 Å². The Kier molecular flexibility index (Phi) is 3.91. The van der Waals surface area contributed by atoms with Crippen LogP contribution in [0.15, 0.2) is 10.3 Å². The molecule has 3 rings (SSSR count). The molecule has 1 fully saturated rings. The van der Waals surface area contributed by atoms with Crippen molar-refractivity contribution >= 4 is 23.7 Å². The van der Waals surface area contributed by atoms with E-state index in [2.05, 4.69) is 30.0 Å². The Morgan fingerprint density at radius 3 is 2.48 bits per heavy atom. The minimum atomic E-state index is 0.243. The maximum Gasteiger partial charge on any atom is 0.231 e. The number of hydrogen-bond donors (Lipinski definition) is 1. The maximum absolute atomic E-state index is 5.82. The Bertz CT molecular complexity index is 634. The third kappa shape index (κ3) is 3.07. The molecule has 21 heavy (non-hydrogen) atoms. The normalized spacial score (nSPS) is 15.4. The molecule has 2 aromatic heterocycles. The van der Waals surface area contributed by atoms with Crippen LogP contribution in [0.25, 0.3) is 0 Å². The highest BCUT2D eigenvalue weighted by Crippen LogP contribution is 2.25. The zero-order valence-corrected chi connectivity index (χ0v) is 13.0. The van der Waals surface area contributed by atoms with E-state index in [4.69, 9.17) is 5.73 Å². The van der Waals surface area contributed by atoms with Gasteiger partial charge in [0.15, 0.2) is 5.16 Å². The minimum Gasteiger partial charge on any atom is -0.368 e. The Labute approximate surface area is 127 Å². The molecule has 1 aliphatic rings. The van der Waals surface area contributed by atoms with Gasteiger partial charge in [-0.3, -0.25) is 0 Å². The third-order valence-electron chi connectivity index (χ3n) is 3.49. The standard InChI is InChI=1S/C12H18N8S/c1-8-17-18-12(19(8)2)21-11-15-9(13)14-10(16-11)20-6-4-3-5-7-20/h3-7H2,1-2H3,(H2,13,14,15,16). The fraction of sp³-hybridized carbons (Fsp3) is 0.583. The summed E-state index contributed by atoms with van der Waals surface area (Å²) >= 11 is 1.35. The predicted molar refractivity (Wildman–Crippen MR) is 80.2 cm³/mol. The van der Waals surface area contributed by atoms with Crippen LogP contribution >= 0.6 is 11.8 Å². The summed E-state index contributed by atoms with van der Waals surface area (Å²) in [6.07, 6.45) is 3.59. The third-order valence-corrected chi connectivity index (χ3v) is 4.40. The minimum absolute atomic E-state index is 0.243. The van der Waals surface area contributed by atoms with Gasteiger partial charge in [-0.1, -0.05) is 0 Å². The van der Waals surface area contributed by atoms with Gasteiger partial charge in [0.05, 0.1) is 0 Å². The molecule has 2 aromatic rings. The first-order valence-corrected chi connectivity index (χ1v) is 7.75. The molecule has 9 heteroatoms. The number of aryl methyl sites for hydroxylation is 1. The van der Waals surface area contributed by atoms with E-state index < -0.39 is 0 Å². The number of rotatable bonds is 3. The van der Waals surface area contributed by atoms with Crippen LogP contribution in [0.5, 0.6) is 0 Å². The van der Waals surface area contributed by atoms with Gasteiger partial charge in [-0.05, 0) is 37.9 Å². The Balaban J connectivity index is 1.85. The molecule has 0 aromatic carbocycles. The second-order valence-electron chi connectivity index (χ2n) is 5.01. The zero-order valence-electron chi connectivity index (χ0n) is 12.2. The van der Waals surface area contributed by atoms with Crippen LogP contribution in [-0.4, -0.2) is 42.8 Å². The lowest BCUT2D eigenvalue weighted by atomic mass is 10.1. The van der Waals surface area contributed by atoms with Gasteiger partial charge in [-0.25, -0.2) is 0 Å². The van der Waals surface area contributed by atoms with Crippen LogP contribution in [0.2, 0.25) is 0 Å².